The van der Waals surface area contributed by atoms with Gasteiger partial charge in [0.05, 0.1) is 18.0 Å². The van der Waals surface area contributed by atoms with E-state index in [-0.39, 0.29) is 0 Å². The molecule has 1 aromatic carbocycles. The first kappa shape index (κ1) is 12.2. The number of benzene rings is 1. The molecule has 2 aromatic rings. The highest BCUT2D eigenvalue weighted by molar-refractivity contribution is 5.49. The smallest absolute Gasteiger partial charge is 0.143 e. The van der Waals surface area contributed by atoms with Crippen LogP contribution >= 0.6 is 0 Å². The van der Waals surface area contributed by atoms with Gasteiger partial charge in [-0.05, 0) is 26.0 Å². The van der Waals surface area contributed by atoms with Crippen LogP contribution in [0.5, 0.6) is 5.75 Å². The van der Waals surface area contributed by atoms with E-state index < -0.39 is 0 Å². The van der Waals surface area contributed by atoms with Gasteiger partial charge in [0.1, 0.15) is 11.6 Å². The summed E-state index contributed by atoms with van der Waals surface area (Å²) in [7, 11) is 0. The van der Waals surface area contributed by atoms with Crippen molar-refractivity contribution in [1.29, 1.82) is 0 Å². The molecular formula is C15H19N3O. The number of imidazole rings is 1. The van der Waals surface area contributed by atoms with Gasteiger partial charge in [-0.1, -0.05) is 12.1 Å². The first-order chi connectivity index (χ1) is 9.31. The summed E-state index contributed by atoms with van der Waals surface area (Å²) in [5.41, 5.74) is 3.57. The van der Waals surface area contributed by atoms with Crippen LogP contribution in [-0.4, -0.2) is 22.7 Å². The Morgan fingerprint density at radius 1 is 1.37 bits per heavy atom. The van der Waals surface area contributed by atoms with Crippen LogP contribution in [0.4, 0.5) is 0 Å². The van der Waals surface area contributed by atoms with Gasteiger partial charge < -0.3 is 10.1 Å². The van der Waals surface area contributed by atoms with Gasteiger partial charge in [-0.2, -0.15) is 0 Å². The summed E-state index contributed by atoms with van der Waals surface area (Å²) in [4.78, 5) is 4.67. The third-order valence-electron chi connectivity index (χ3n) is 3.46. The fourth-order valence-electron chi connectivity index (χ4n) is 2.68. The van der Waals surface area contributed by atoms with E-state index in [9.17, 15) is 0 Å². The fraction of sp³-hybridized carbons (Fsp3) is 0.400. The number of nitrogens with one attached hydrogen (secondary N) is 1. The van der Waals surface area contributed by atoms with Crippen LogP contribution in [0.15, 0.2) is 24.3 Å². The third-order valence-corrected chi connectivity index (χ3v) is 3.46. The van der Waals surface area contributed by atoms with Crippen LogP contribution in [0.25, 0.3) is 5.69 Å². The first-order valence-corrected chi connectivity index (χ1v) is 6.81. The summed E-state index contributed by atoms with van der Waals surface area (Å²) < 4.78 is 7.98. The average Bonchev–Trinajstić information content (AvgIpc) is 2.76. The third kappa shape index (κ3) is 2.12. The maximum absolute atomic E-state index is 5.74. The van der Waals surface area contributed by atoms with Gasteiger partial charge in [0.2, 0.25) is 0 Å². The monoisotopic (exact) mass is 257 g/mol. The lowest BCUT2D eigenvalue weighted by Crippen LogP contribution is -2.24. The van der Waals surface area contributed by atoms with E-state index in [1.54, 1.807) is 0 Å². The van der Waals surface area contributed by atoms with E-state index >= 15 is 0 Å². The zero-order valence-corrected chi connectivity index (χ0v) is 11.4. The van der Waals surface area contributed by atoms with Crippen molar-refractivity contribution >= 4 is 0 Å². The number of nitrogens with zero attached hydrogens (tertiary/aromatic N) is 2. The molecule has 1 N–H and O–H groups in total. The van der Waals surface area contributed by atoms with Gasteiger partial charge in [-0.25, -0.2) is 4.98 Å². The molecule has 0 spiro atoms. The Hall–Kier alpha value is -1.81. The Morgan fingerprint density at radius 2 is 2.21 bits per heavy atom. The van der Waals surface area contributed by atoms with Gasteiger partial charge in [-0.15, -0.1) is 0 Å². The molecular weight excluding hydrogens is 238 g/mol. The van der Waals surface area contributed by atoms with Gasteiger partial charge in [0, 0.05) is 25.2 Å². The lowest BCUT2D eigenvalue weighted by Gasteiger charge is -2.18. The SMILES string of the molecule is CCOc1ccccc1-n1c(C)nc2c1CCNC2. The second-order valence-electron chi connectivity index (χ2n) is 4.72. The van der Waals surface area contributed by atoms with Crippen molar-refractivity contribution in [3.8, 4) is 11.4 Å². The molecule has 0 amide bonds. The number of para-hydroxylation sites is 2. The zero-order chi connectivity index (χ0) is 13.2. The number of hydrogen-bond acceptors (Lipinski definition) is 3. The molecule has 1 aliphatic heterocycles. The average molecular weight is 257 g/mol. The maximum atomic E-state index is 5.74. The summed E-state index contributed by atoms with van der Waals surface area (Å²) >= 11 is 0. The molecule has 2 heterocycles. The molecule has 4 heteroatoms. The molecule has 0 atom stereocenters. The van der Waals surface area contributed by atoms with Crippen LogP contribution < -0.4 is 10.1 Å². The first-order valence-electron chi connectivity index (χ1n) is 6.81. The Balaban J connectivity index is 2.14. The molecule has 0 aliphatic carbocycles. The number of rotatable bonds is 3. The molecule has 1 aliphatic rings. The standard InChI is InChI=1S/C15H19N3O/c1-3-19-15-7-5-4-6-14(15)18-11(2)17-12-10-16-9-8-13(12)18/h4-7,16H,3,8-10H2,1-2H3. The van der Waals surface area contributed by atoms with Gasteiger partial charge in [-0.3, -0.25) is 4.57 Å². The minimum atomic E-state index is 0.675. The molecule has 100 valence electrons. The largest absolute Gasteiger partial charge is 0.492 e. The fourth-order valence-corrected chi connectivity index (χ4v) is 2.68. The molecule has 0 saturated heterocycles. The number of ether oxygens (including phenoxy) is 1. The highest BCUT2D eigenvalue weighted by atomic mass is 16.5. The van der Waals surface area contributed by atoms with E-state index in [1.165, 1.54) is 5.69 Å². The van der Waals surface area contributed by atoms with E-state index in [0.29, 0.717) is 6.61 Å². The Morgan fingerprint density at radius 3 is 3.05 bits per heavy atom. The minimum absolute atomic E-state index is 0.675. The van der Waals surface area contributed by atoms with Crippen molar-refractivity contribution in [3.63, 3.8) is 0 Å². The topological polar surface area (TPSA) is 39.1 Å². The molecule has 4 nitrogen and oxygen atoms in total. The molecule has 0 saturated carbocycles. The van der Waals surface area contributed by atoms with Crippen LogP contribution in [0, 0.1) is 6.92 Å². The summed E-state index contributed by atoms with van der Waals surface area (Å²) in [6, 6.07) is 8.17. The van der Waals surface area contributed by atoms with E-state index in [4.69, 9.17) is 4.74 Å². The lowest BCUT2D eigenvalue weighted by molar-refractivity contribution is 0.338. The number of fused-ring (bicyclic) bond motifs is 1. The number of aryl methyl sites for hydroxylation is 1. The highest BCUT2D eigenvalue weighted by Gasteiger charge is 2.20. The minimum Gasteiger partial charge on any atom is -0.492 e. The molecule has 1 aromatic heterocycles. The molecule has 0 fully saturated rings. The molecule has 19 heavy (non-hydrogen) atoms. The number of hydrogen-bond donors (Lipinski definition) is 1. The summed E-state index contributed by atoms with van der Waals surface area (Å²) in [6.07, 6.45) is 1.01. The predicted octanol–water partition coefficient (Wildman–Crippen LogP) is 2.23. The quantitative estimate of drug-likeness (QED) is 0.916. The van der Waals surface area contributed by atoms with Crippen LogP contribution in [0.3, 0.4) is 0 Å². The van der Waals surface area contributed by atoms with Crippen molar-refractivity contribution in [2.45, 2.75) is 26.8 Å². The Kier molecular flexibility index (Phi) is 3.25. The van der Waals surface area contributed by atoms with Crippen molar-refractivity contribution in [2.24, 2.45) is 0 Å². The Bertz CT molecular complexity index is 589. The number of aromatic nitrogens is 2. The summed E-state index contributed by atoms with van der Waals surface area (Å²) in [6.45, 7) is 6.61. The molecule has 0 radical (unpaired) electrons. The van der Waals surface area contributed by atoms with E-state index in [0.717, 1.165) is 42.5 Å². The van der Waals surface area contributed by atoms with Gasteiger partial charge >= 0.3 is 0 Å². The normalized spacial score (nSPS) is 14.2. The van der Waals surface area contributed by atoms with Crippen LogP contribution in [-0.2, 0) is 13.0 Å². The predicted molar refractivity (Wildman–Crippen MR) is 74.9 cm³/mol. The van der Waals surface area contributed by atoms with E-state index in [1.807, 2.05) is 25.1 Å². The second-order valence-corrected chi connectivity index (χ2v) is 4.72. The van der Waals surface area contributed by atoms with E-state index in [2.05, 4.69) is 27.9 Å². The van der Waals surface area contributed by atoms with Crippen LogP contribution in [0.2, 0.25) is 0 Å². The maximum Gasteiger partial charge on any atom is 0.143 e. The summed E-state index contributed by atoms with van der Waals surface area (Å²) in [5, 5.41) is 3.37. The summed E-state index contributed by atoms with van der Waals surface area (Å²) in [5.74, 6) is 1.95. The lowest BCUT2D eigenvalue weighted by atomic mass is 10.1. The molecule has 0 unspecified atom stereocenters. The van der Waals surface area contributed by atoms with Crippen LogP contribution in [0.1, 0.15) is 24.1 Å². The van der Waals surface area contributed by atoms with Gasteiger partial charge in [0.15, 0.2) is 0 Å². The van der Waals surface area contributed by atoms with Crippen molar-refractivity contribution in [1.82, 2.24) is 14.9 Å². The van der Waals surface area contributed by atoms with Crippen molar-refractivity contribution < 1.29 is 4.74 Å². The zero-order valence-electron chi connectivity index (χ0n) is 11.4. The van der Waals surface area contributed by atoms with Crippen molar-refractivity contribution in [3.05, 3.63) is 41.5 Å². The molecule has 0 bridgehead atoms. The Labute approximate surface area is 113 Å². The molecule has 3 rings (SSSR count). The second kappa shape index (κ2) is 5.05. The highest BCUT2D eigenvalue weighted by Crippen LogP contribution is 2.28. The van der Waals surface area contributed by atoms with Crippen molar-refractivity contribution in [2.75, 3.05) is 13.2 Å². The van der Waals surface area contributed by atoms with Gasteiger partial charge in [0.25, 0.3) is 0 Å².